The molecule has 0 saturated heterocycles. The number of guanidine groups is 1. The zero-order valence-electron chi connectivity index (χ0n) is 15.5. The van der Waals surface area contributed by atoms with Gasteiger partial charge in [-0.15, -0.1) is 0 Å². The smallest absolute Gasteiger partial charge is 0.191 e. The molecule has 8 heteroatoms. The SMILES string of the molecule is CN=C(NCCS(C)(=O)=O)NCc1ccc(C)cc1OCCCOC. The van der Waals surface area contributed by atoms with Crippen LogP contribution in [-0.4, -0.2) is 60.3 Å². The minimum atomic E-state index is -3.00. The second kappa shape index (κ2) is 10.9. The van der Waals surface area contributed by atoms with Crippen molar-refractivity contribution >= 4 is 15.8 Å². The number of methoxy groups -OCH3 is 1. The standard InChI is InChI=1S/C17H29N3O4S/c1-14-6-7-15(16(12-14)24-10-5-9-23-3)13-20-17(18-2)19-8-11-25(4,21)22/h6-7,12H,5,8-11,13H2,1-4H3,(H2,18,19,20). The molecule has 0 spiro atoms. The van der Waals surface area contributed by atoms with E-state index in [0.29, 0.717) is 32.3 Å². The number of nitrogens with zero attached hydrogens (tertiary/aromatic N) is 1. The number of hydrogen-bond donors (Lipinski definition) is 2. The first-order chi connectivity index (χ1) is 11.9. The van der Waals surface area contributed by atoms with E-state index in [9.17, 15) is 8.42 Å². The highest BCUT2D eigenvalue weighted by Gasteiger charge is 2.07. The number of aliphatic imine (C=N–C) groups is 1. The Balaban J connectivity index is 2.59. The van der Waals surface area contributed by atoms with Crippen LogP contribution in [0.2, 0.25) is 0 Å². The fourth-order valence-electron chi connectivity index (χ4n) is 2.08. The van der Waals surface area contributed by atoms with E-state index in [4.69, 9.17) is 9.47 Å². The molecule has 2 N–H and O–H groups in total. The second-order valence-corrected chi connectivity index (χ2v) is 8.05. The average molecular weight is 372 g/mol. The van der Waals surface area contributed by atoms with Gasteiger partial charge in [-0.1, -0.05) is 12.1 Å². The van der Waals surface area contributed by atoms with E-state index in [-0.39, 0.29) is 5.75 Å². The van der Waals surface area contributed by atoms with Crippen molar-refractivity contribution in [3.63, 3.8) is 0 Å². The second-order valence-electron chi connectivity index (χ2n) is 5.79. The molecule has 0 amide bonds. The Morgan fingerprint density at radius 1 is 1.24 bits per heavy atom. The highest BCUT2D eigenvalue weighted by molar-refractivity contribution is 7.90. The van der Waals surface area contributed by atoms with Gasteiger partial charge in [0.25, 0.3) is 0 Å². The van der Waals surface area contributed by atoms with Gasteiger partial charge in [0, 0.05) is 52.1 Å². The van der Waals surface area contributed by atoms with Crippen molar-refractivity contribution in [3.05, 3.63) is 29.3 Å². The number of nitrogens with one attached hydrogen (secondary N) is 2. The lowest BCUT2D eigenvalue weighted by Crippen LogP contribution is -2.39. The molecule has 1 aromatic rings. The van der Waals surface area contributed by atoms with Gasteiger partial charge >= 0.3 is 0 Å². The maximum atomic E-state index is 11.2. The molecule has 1 rings (SSSR count). The molecular formula is C17H29N3O4S. The Morgan fingerprint density at radius 2 is 2.00 bits per heavy atom. The predicted molar refractivity (Wildman–Crippen MR) is 101 cm³/mol. The Bertz CT molecular complexity index is 660. The van der Waals surface area contributed by atoms with Crippen LogP contribution in [0.4, 0.5) is 0 Å². The van der Waals surface area contributed by atoms with Crippen LogP contribution in [0, 0.1) is 6.92 Å². The molecule has 0 fully saturated rings. The molecule has 0 heterocycles. The maximum Gasteiger partial charge on any atom is 0.191 e. The molecule has 0 atom stereocenters. The van der Waals surface area contributed by atoms with Crippen LogP contribution in [0.5, 0.6) is 5.75 Å². The molecule has 1 aromatic carbocycles. The maximum absolute atomic E-state index is 11.2. The Morgan fingerprint density at radius 3 is 2.64 bits per heavy atom. The molecule has 142 valence electrons. The number of hydrogen-bond acceptors (Lipinski definition) is 5. The molecule has 7 nitrogen and oxygen atoms in total. The van der Waals surface area contributed by atoms with Gasteiger partial charge in [-0.3, -0.25) is 4.99 Å². The Labute approximate surface area is 150 Å². The number of ether oxygens (including phenoxy) is 2. The van der Waals surface area contributed by atoms with Crippen LogP contribution in [-0.2, 0) is 21.1 Å². The molecule has 0 radical (unpaired) electrons. The summed E-state index contributed by atoms with van der Waals surface area (Å²) in [6.45, 7) is 4.11. The van der Waals surface area contributed by atoms with E-state index in [1.54, 1.807) is 14.2 Å². The summed E-state index contributed by atoms with van der Waals surface area (Å²) in [7, 11) is 0.320. The van der Waals surface area contributed by atoms with Gasteiger partial charge in [-0.05, 0) is 18.6 Å². The summed E-state index contributed by atoms with van der Waals surface area (Å²) in [6.07, 6.45) is 2.04. The molecular weight excluding hydrogens is 342 g/mol. The number of sulfone groups is 1. The van der Waals surface area contributed by atoms with Crippen LogP contribution < -0.4 is 15.4 Å². The van der Waals surface area contributed by atoms with E-state index >= 15 is 0 Å². The summed E-state index contributed by atoms with van der Waals surface area (Å²) in [6, 6.07) is 6.04. The largest absolute Gasteiger partial charge is 0.493 e. The van der Waals surface area contributed by atoms with Crippen LogP contribution in [0.15, 0.2) is 23.2 Å². The molecule has 0 aliphatic heterocycles. The predicted octanol–water partition coefficient (Wildman–Crippen LogP) is 1.12. The minimum absolute atomic E-state index is 0.0616. The lowest BCUT2D eigenvalue weighted by atomic mass is 10.1. The van der Waals surface area contributed by atoms with Gasteiger partial charge in [0.15, 0.2) is 5.96 Å². The third-order valence-electron chi connectivity index (χ3n) is 3.41. The third kappa shape index (κ3) is 9.31. The molecule has 0 unspecified atom stereocenters. The van der Waals surface area contributed by atoms with Gasteiger partial charge in [-0.25, -0.2) is 8.42 Å². The van der Waals surface area contributed by atoms with E-state index in [1.807, 2.05) is 25.1 Å². The fourth-order valence-corrected chi connectivity index (χ4v) is 2.55. The quantitative estimate of drug-likeness (QED) is 0.364. The van der Waals surface area contributed by atoms with Crippen molar-refractivity contribution < 1.29 is 17.9 Å². The highest BCUT2D eigenvalue weighted by atomic mass is 32.2. The van der Waals surface area contributed by atoms with Crippen molar-refractivity contribution in [2.24, 2.45) is 4.99 Å². The van der Waals surface area contributed by atoms with Crippen LogP contribution >= 0.6 is 0 Å². The summed E-state index contributed by atoms with van der Waals surface area (Å²) in [4.78, 5) is 4.10. The molecule has 0 bridgehead atoms. The zero-order valence-corrected chi connectivity index (χ0v) is 16.3. The van der Waals surface area contributed by atoms with Crippen molar-refractivity contribution in [2.45, 2.75) is 19.9 Å². The lowest BCUT2D eigenvalue weighted by molar-refractivity contribution is 0.171. The summed E-state index contributed by atoms with van der Waals surface area (Å²) in [5.74, 6) is 1.44. The molecule has 0 aromatic heterocycles. The Hall–Kier alpha value is -1.80. The molecule has 0 aliphatic carbocycles. The van der Waals surface area contributed by atoms with E-state index in [2.05, 4.69) is 15.6 Å². The van der Waals surface area contributed by atoms with Crippen LogP contribution in [0.25, 0.3) is 0 Å². The third-order valence-corrected chi connectivity index (χ3v) is 4.35. The summed E-state index contributed by atoms with van der Waals surface area (Å²) in [5, 5.41) is 6.16. The number of rotatable bonds is 10. The van der Waals surface area contributed by atoms with E-state index in [1.165, 1.54) is 6.26 Å². The van der Waals surface area contributed by atoms with Gasteiger partial charge in [0.2, 0.25) is 0 Å². The van der Waals surface area contributed by atoms with Crippen LogP contribution in [0.1, 0.15) is 17.5 Å². The van der Waals surface area contributed by atoms with Crippen molar-refractivity contribution in [1.82, 2.24) is 10.6 Å². The number of benzene rings is 1. The monoisotopic (exact) mass is 371 g/mol. The zero-order chi connectivity index (χ0) is 18.7. The van der Waals surface area contributed by atoms with Crippen molar-refractivity contribution in [1.29, 1.82) is 0 Å². The highest BCUT2D eigenvalue weighted by Crippen LogP contribution is 2.20. The van der Waals surface area contributed by atoms with Gasteiger partial charge in [0.05, 0.1) is 12.4 Å². The number of aryl methyl sites for hydroxylation is 1. The average Bonchev–Trinajstić information content (AvgIpc) is 2.55. The van der Waals surface area contributed by atoms with Gasteiger partial charge < -0.3 is 20.1 Å². The van der Waals surface area contributed by atoms with Crippen LogP contribution in [0.3, 0.4) is 0 Å². The van der Waals surface area contributed by atoms with Crippen molar-refractivity contribution in [2.75, 3.05) is 45.9 Å². The first kappa shape index (κ1) is 21.2. The van der Waals surface area contributed by atoms with Gasteiger partial charge in [-0.2, -0.15) is 0 Å². The molecule has 0 saturated carbocycles. The van der Waals surface area contributed by atoms with Gasteiger partial charge in [0.1, 0.15) is 15.6 Å². The summed E-state index contributed by atoms with van der Waals surface area (Å²) in [5.41, 5.74) is 2.13. The lowest BCUT2D eigenvalue weighted by Gasteiger charge is -2.15. The van der Waals surface area contributed by atoms with E-state index in [0.717, 1.165) is 23.3 Å². The topological polar surface area (TPSA) is 89.0 Å². The molecule has 25 heavy (non-hydrogen) atoms. The fraction of sp³-hybridized carbons (Fsp3) is 0.588. The summed E-state index contributed by atoms with van der Waals surface area (Å²) >= 11 is 0. The first-order valence-corrected chi connectivity index (χ1v) is 10.3. The van der Waals surface area contributed by atoms with Crippen molar-refractivity contribution in [3.8, 4) is 5.75 Å². The van der Waals surface area contributed by atoms with E-state index < -0.39 is 9.84 Å². The summed E-state index contributed by atoms with van der Waals surface area (Å²) < 4.78 is 33.2. The molecule has 0 aliphatic rings. The minimum Gasteiger partial charge on any atom is -0.493 e. The first-order valence-electron chi connectivity index (χ1n) is 8.19. The Kier molecular flexibility index (Phi) is 9.30. The normalized spacial score (nSPS) is 12.1.